The van der Waals surface area contributed by atoms with E-state index in [0.29, 0.717) is 19.5 Å². The number of ether oxygens (including phenoxy) is 2. The Morgan fingerprint density at radius 3 is 2.67 bits per heavy atom. The van der Waals surface area contributed by atoms with Crippen molar-refractivity contribution in [2.24, 2.45) is 5.73 Å². The molecular formula is C13H18N2O3. The first-order valence-corrected chi connectivity index (χ1v) is 5.92. The molecule has 0 bridgehead atoms. The molecule has 1 amide bonds. The van der Waals surface area contributed by atoms with Gasteiger partial charge in [-0.2, -0.15) is 0 Å². The summed E-state index contributed by atoms with van der Waals surface area (Å²) in [6.45, 7) is 2.93. The highest BCUT2D eigenvalue weighted by molar-refractivity contribution is 5.90. The van der Waals surface area contributed by atoms with Crippen molar-refractivity contribution < 1.29 is 14.3 Å². The van der Waals surface area contributed by atoms with Crippen molar-refractivity contribution in [3.63, 3.8) is 0 Å². The van der Waals surface area contributed by atoms with Crippen molar-refractivity contribution in [1.82, 2.24) is 0 Å². The lowest BCUT2D eigenvalue weighted by molar-refractivity contribution is 0.0672. The number of methoxy groups -OCH3 is 1. The first-order valence-electron chi connectivity index (χ1n) is 5.92. The zero-order valence-corrected chi connectivity index (χ0v) is 10.7. The number of hydrogen-bond acceptors (Lipinski definition) is 4. The Labute approximate surface area is 106 Å². The second-order valence-electron chi connectivity index (χ2n) is 4.64. The van der Waals surface area contributed by atoms with Crippen LogP contribution in [-0.2, 0) is 4.74 Å². The standard InChI is InChI=1S/C13H18N2O3/c1-13(7-8-14)9-15(12(16)18-13)10-3-5-11(17-2)6-4-10/h3-6H,7-9,14H2,1-2H3. The SMILES string of the molecule is COc1ccc(N2CC(C)(CCN)OC2=O)cc1. The molecule has 1 aromatic rings. The van der Waals surface area contributed by atoms with Gasteiger partial charge in [-0.15, -0.1) is 0 Å². The molecule has 1 aromatic carbocycles. The largest absolute Gasteiger partial charge is 0.497 e. The molecule has 2 rings (SSSR count). The number of nitrogens with zero attached hydrogens (tertiary/aromatic N) is 1. The third-order valence-electron chi connectivity index (χ3n) is 3.10. The molecule has 1 heterocycles. The monoisotopic (exact) mass is 250 g/mol. The zero-order chi connectivity index (χ0) is 13.2. The van der Waals surface area contributed by atoms with Gasteiger partial charge in [-0.1, -0.05) is 0 Å². The molecule has 0 radical (unpaired) electrons. The number of cyclic esters (lactones) is 1. The lowest BCUT2D eigenvalue weighted by Gasteiger charge is -2.20. The number of carbonyl (C=O) groups is 1. The quantitative estimate of drug-likeness (QED) is 0.884. The van der Waals surface area contributed by atoms with Gasteiger partial charge in [0.05, 0.1) is 13.7 Å². The van der Waals surface area contributed by atoms with Crippen LogP contribution in [0, 0.1) is 0 Å². The molecule has 0 aliphatic carbocycles. The third kappa shape index (κ3) is 2.41. The molecule has 1 atom stereocenters. The predicted octanol–water partition coefficient (Wildman–Crippen LogP) is 1.76. The Morgan fingerprint density at radius 2 is 2.11 bits per heavy atom. The van der Waals surface area contributed by atoms with E-state index in [1.807, 2.05) is 31.2 Å². The van der Waals surface area contributed by atoms with Crippen LogP contribution in [0.15, 0.2) is 24.3 Å². The van der Waals surface area contributed by atoms with Gasteiger partial charge in [-0.3, -0.25) is 4.90 Å². The van der Waals surface area contributed by atoms with Gasteiger partial charge in [0, 0.05) is 12.1 Å². The van der Waals surface area contributed by atoms with E-state index in [9.17, 15) is 4.79 Å². The highest BCUT2D eigenvalue weighted by atomic mass is 16.6. The van der Waals surface area contributed by atoms with E-state index in [4.69, 9.17) is 15.2 Å². The number of hydrogen-bond donors (Lipinski definition) is 1. The maximum Gasteiger partial charge on any atom is 0.415 e. The molecule has 98 valence electrons. The van der Waals surface area contributed by atoms with E-state index in [1.54, 1.807) is 12.0 Å². The molecule has 18 heavy (non-hydrogen) atoms. The van der Waals surface area contributed by atoms with Crippen LogP contribution in [-0.4, -0.2) is 31.9 Å². The summed E-state index contributed by atoms with van der Waals surface area (Å²) in [5, 5.41) is 0. The van der Waals surface area contributed by atoms with Crippen molar-refractivity contribution in [3.8, 4) is 5.75 Å². The van der Waals surface area contributed by atoms with Gasteiger partial charge in [-0.25, -0.2) is 4.79 Å². The van der Waals surface area contributed by atoms with Crippen LogP contribution in [0.5, 0.6) is 5.75 Å². The van der Waals surface area contributed by atoms with Crippen LogP contribution in [0.25, 0.3) is 0 Å². The summed E-state index contributed by atoms with van der Waals surface area (Å²) in [5.74, 6) is 0.760. The number of carbonyl (C=O) groups excluding carboxylic acids is 1. The Hall–Kier alpha value is -1.75. The normalized spacial score (nSPS) is 23.1. The Kier molecular flexibility index (Phi) is 3.43. The Morgan fingerprint density at radius 1 is 1.44 bits per heavy atom. The summed E-state index contributed by atoms with van der Waals surface area (Å²) < 4.78 is 10.5. The average Bonchev–Trinajstić information content (AvgIpc) is 2.65. The summed E-state index contributed by atoms with van der Waals surface area (Å²) in [6.07, 6.45) is 0.335. The van der Waals surface area contributed by atoms with Gasteiger partial charge in [0.25, 0.3) is 0 Å². The van der Waals surface area contributed by atoms with Gasteiger partial charge in [-0.05, 0) is 37.7 Å². The Bertz CT molecular complexity index is 432. The van der Waals surface area contributed by atoms with Gasteiger partial charge in [0.15, 0.2) is 0 Å². The number of anilines is 1. The first-order chi connectivity index (χ1) is 8.58. The van der Waals surface area contributed by atoms with E-state index in [-0.39, 0.29) is 6.09 Å². The molecule has 1 fully saturated rings. The van der Waals surface area contributed by atoms with Gasteiger partial charge < -0.3 is 15.2 Å². The van der Waals surface area contributed by atoms with Crippen LogP contribution in [0.4, 0.5) is 10.5 Å². The first kappa shape index (κ1) is 12.7. The van der Waals surface area contributed by atoms with Crippen LogP contribution in [0.2, 0.25) is 0 Å². The van der Waals surface area contributed by atoms with Crippen LogP contribution in [0.3, 0.4) is 0 Å². The smallest absolute Gasteiger partial charge is 0.415 e. The van der Waals surface area contributed by atoms with Gasteiger partial charge >= 0.3 is 6.09 Å². The molecule has 1 saturated heterocycles. The second kappa shape index (κ2) is 4.86. The van der Waals surface area contributed by atoms with Crippen molar-refractivity contribution in [3.05, 3.63) is 24.3 Å². The van der Waals surface area contributed by atoms with Crippen molar-refractivity contribution in [2.45, 2.75) is 18.9 Å². The van der Waals surface area contributed by atoms with E-state index in [2.05, 4.69) is 0 Å². The molecule has 0 spiro atoms. The molecule has 0 aromatic heterocycles. The fourth-order valence-electron chi connectivity index (χ4n) is 2.09. The molecular weight excluding hydrogens is 232 g/mol. The lowest BCUT2D eigenvalue weighted by Crippen LogP contribution is -2.33. The van der Waals surface area contributed by atoms with Gasteiger partial charge in [0.2, 0.25) is 0 Å². The summed E-state index contributed by atoms with van der Waals surface area (Å²) in [7, 11) is 1.61. The van der Waals surface area contributed by atoms with Crippen molar-refractivity contribution in [1.29, 1.82) is 0 Å². The second-order valence-corrected chi connectivity index (χ2v) is 4.64. The van der Waals surface area contributed by atoms with Crippen molar-refractivity contribution in [2.75, 3.05) is 25.1 Å². The number of amides is 1. The minimum atomic E-state index is -0.494. The summed E-state index contributed by atoms with van der Waals surface area (Å²) >= 11 is 0. The summed E-state index contributed by atoms with van der Waals surface area (Å²) in [6, 6.07) is 7.32. The molecule has 0 saturated carbocycles. The predicted molar refractivity (Wildman–Crippen MR) is 68.9 cm³/mol. The maximum absolute atomic E-state index is 11.9. The molecule has 2 N–H and O–H groups in total. The third-order valence-corrected chi connectivity index (χ3v) is 3.10. The van der Waals surface area contributed by atoms with Gasteiger partial charge in [0.1, 0.15) is 11.4 Å². The van der Waals surface area contributed by atoms with Crippen LogP contribution < -0.4 is 15.4 Å². The molecule has 1 aliphatic heterocycles. The minimum Gasteiger partial charge on any atom is -0.497 e. The number of nitrogens with two attached hydrogens (primary N) is 1. The molecule has 1 aliphatic rings. The van der Waals surface area contributed by atoms with Crippen molar-refractivity contribution >= 4 is 11.8 Å². The highest BCUT2D eigenvalue weighted by Gasteiger charge is 2.41. The van der Waals surface area contributed by atoms with Crippen LogP contribution in [0.1, 0.15) is 13.3 Å². The summed E-state index contributed by atoms with van der Waals surface area (Å²) in [5.41, 5.74) is 5.85. The molecule has 1 unspecified atom stereocenters. The fraction of sp³-hybridized carbons (Fsp3) is 0.462. The summed E-state index contributed by atoms with van der Waals surface area (Å²) in [4.78, 5) is 13.5. The fourth-order valence-corrected chi connectivity index (χ4v) is 2.09. The minimum absolute atomic E-state index is 0.323. The highest BCUT2D eigenvalue weighted by Crippen LogP contribution is 2.30. The lowest BCUT2D eigenvalue weighted by atomic mass is 10.0. The molecule has 5 heteroatoms. The van der Waals surface area contributed by atoms with E-state index >= 15 is 0 Å². The topological polar surface area (TPSA) is 64.8 Å². The average molecular weight is 250 g/mol. The van der Waals surface area contributed by atoms with E-state index in [1.165, 1.54) is 0 Å². The Balaban J connectivity index is 2.16. The van der Waals surface area contributed by atoms with E-state index in [0.717, 1.165) is 11.4 Å². The number of benzene rings is 1. The maximum atomic E-state index is 11.9. The van der Waals surface area contributed by atoms with Crippen LogP contribution >= 0.6 is 0 Å². The van der Waals surface area contributed by atoms with E-state index < -0.39 is 5.60 Å². The zero-order valence-electron chi connectivity index (χ0n) is 10.7. The number of rotatable bonds is 4. The molecule has 5 nitrogen and oxygen atoms in total.